The van der Waals surface area contributed by atoms with Crippen molar-refractivity contribution in [2.24, 2.45) is 5.92 Å². The van der Waals surface area contributed by atoms with Crippen molar-refractivity contribution in [1.82, 2.24) is 0 Å². The Labute approximate surface area is 61.2 Å². The summed E-state index contributed by atoms with van der Waals surface area (Å²) < 4.78 is 0. The molecule has 1 saturated carbocycles. The van der Waals surface area contributed by atoms with Crippen LogP contribution in [0.4, 0.5) is 0 Å². The van der Waals surface area contributed by atoms with E-state index in [0.29, 0.717) is 6.42 Å². The molecule has 0 heterocycles. The largest absolute Gasteiger partial charge is 0.390 e. The van der Waals surface area contributed by atoms with E-state index in [1.807, 2.05) is 0 Å². The molecule has 1 fully saturated rings. The fraction of sp³-hybridized carbons (Fsp3) is 0.875. The minimum atomic E-state index is -0.798. The third-order valence-corrected chi connectivity index (χ3v) is 2.16. The van der Waals surface area contributed by atoms with Gasteiger partial charge in [-0.1, -0.05) is 0 Å². The molecular formula is C8H14O2. The van der Waals surface area contributed by atoms with Crippen molar-refractivity contribution in [3.63, 3.8) is 0 Å². The number of rotatable bonds is 1. The molecule has 1 aliphatic rings. The van der Waals surface area contributed by atoms with Crippen LogP contribution in [0.3, 0.4) is 0 Å². The van der Waals surface area contributed by atoms with Gasteiger partial charge < -0.3 is 5.11 Å². The first-order chi connectivity index (χ1) is 4.52. The number of hydrogen-bond acceptors (Lipinski definition) is 2. The van der Waals surface area contributed by atoms with Crippen LogP contribution in [0.15, 0.2) is 0 Å². The molecule has 0 aromatic rings. The lowest BCUT2D eigenvalue weighted by Gasteiger charge is -2.23. The number of aliphatic hydroxyl groups is 1. The molecule has 2 nitrogen and oxygen atoms in total. The van der Waals surface area contributed by atoms with Crippen LogP contribution in [0.5, 0.6) is 0 Å². The highest BCUT2D eigenvalue weighted by molar-refractivity contribution is 5.83. The van der Waals surface area contributed by atoms with Crippen LogP contribution in [-0.2, 0) is 4.79 Å². The number of hydrogen-bond donors (Lipinski definition) is 1. The Hall–Kier alpha value is -0.370. The molecular weight excluding hydrogens is 128 g/mol. The third-order valence-electron chi connectivity index (χ3n) is 2.16. The number of carbonyl (C=O) groups is 1. The zero-order valence-corrected chi connectivity index (χ0v) is 6.55. The van der Waals surface area contributed by atoms with E-state index in [2.05, 4.69) is 0 Å². The molecule has 58 valence electrons. The van der Waals surface area contributed by atoms with Gasteiger partial charge in [0.15, 0.2) is 0 Å². The molecule has 0 aromatic carbocycles. The minimum absolute atomic E-state index is 0.104. The van der Waals surface area contributed by atoms with Crippen molar-refractivity contribution >= 4 is 5.78 Å². The van der Waals surface area contributed by atoms with Crippen LogP contribution in [0.1, 0.15) is 33.1 Å². The monoisotopic (exact) mass is 142 g/mol. The molecule has 10 heavy (non-hydrogen) atoms. The molecule has 0 radical (unpaired) electrons. The van der Waals surface area contributed by atoms with Gasteiger partial charge in [0.25, 0.3) is 0 Å². The fourth-order valence-corrected chi connectivity index (χ4v) is 1.56. The standard InChI is InChI=1S/C8H14O2/c1-8(2,10)6-4-3-5-7(6)9/h6,10H,3-5H2,1-2H3. The number of carbonyl (C=O) groups excluding carboxylic acids is 1. The molecule has 1 atom stereocenters. The van der Waals surface area contributed by atoms with Gasteiger partial charge in [-0.15, -0.1) is 0 Å². The third kappa shape index (κ3) is 1.37. The smallest absolute Gasteiger partial charge is 0.138 e. The Morgan fingerprint density at radius 1 is 1.60 bits per heavy atom. The highest BCUT2D eigenvalue weighted by atomic mass is 16.3. The summed E-state index contributed by atoms with van der Waals surface area (Å²) in [5.74, 6) is 0.125. The fourth-order valence-electron chi connectivity index (χ4n) is 1.56. The van der Waals surface area contributed by atoms with E-state index in [0.717, 1.165) is 12.8 Å². The van der Waals surface area contributed by atoms with Crippen molar-refractivity contribution in [3.05, 3.63) is 0 Å². The second-order valence-corrected chi connectivity index (χ2v) is 3.56. The Morgan fingerprint density at radius 3 is 2.40 bits per heavy atom. The summed E-state index contributed by atoms with van der Waals surface area (Å²) in [4.78, 5) is 11.1. The molecule has 0 aliphatic heterocycles. The van der Waals surface area contributed by atoms with Crippen LogP contribution in [0, 0.1) is 5.92 Å². The SMILES string of the molecule is CC(C)(O)C1CCCC1=O. The lowest BCUT2D eigenvalue weighted by atomic mass is 9.89. The topological polar surface area (TPSA) is 37.3 Å². The molecule has 1 unspecified atom stereocenters. The van der Waals surface area contributed by atoms with Gasteiger partial charge in [-0.05, 0) is 26.7 Å². The highest BCUT2D eigenvalue weighted by Crippen LogP contribution is 2.30. The summed E-state index contributed by atoms with van der Waals surface area (Å²) in [6, 6.07) is 0. The normalized spacial score (nSPS) is 27.5. The minimum Gasteiger partial charge on any atom is -0.390 e. The van der Waals surface area contributed by atoms with Crippen LogP contribution in [0.2, 0.25) is 0 Å². The Kier molecular flexibility index (Phi) is 1.82. The quantitative estimate of drug-likeness (QED) is 0.595. The molecule has 0 spiro atoms. The van der Waals surface area contributed by atoms with Crippen LogP contribution < -0.4 is 0 Å². The molecule has 0 bridgehead atoms. The van der Waals surface area contributed by atoms with Crippen molar-refractivity contribution < 1.29 is 9.90 Å². The predicted octanol–water partition coefficient (Wildman–Crippen LogP) is 1.13. The number of ketones is 1. The summed E-state index contributed by atoms with van der Waals surface area (Å²) in [6.45, 7) is 3.42. The molecule has 1 aliphatic carbocycles. The summed E-state index contributed by atoms with van der Waals surface area (Å²) >= 11 is 0. The molecule has 1 N–H and O–H groups in total. The van der Waals surface area contributed by atoms with Gasteiger partial charge in [-0.25, -0.2) is 0 Å². The van der Waals surface area contributed by atoms with E-state index in [-0.39, 0.29) is 11.7 Å². The van der Waals surface area contributed by atoms with Gasteiger partial charge in [0, 0.05) is 12.3 Å². The molecule has 0 aromatic heterocycles. The van der Waals surface area contributed by atoms with E-state index in [1.165, 1.54) is 0 Å². The average Bonchev–Trinajstić information content (AvgIpc) is 2.11. The van der Waals surface area contributed by atoms with E-state index < -0.39 is 5.60 Å². The van der Waals surface area contributed by atoms with Crippen LogP contribution in [-0.4, -0.2) is 16.5 Å². The van der Waals surface area contributed by atoms with Gasteiger partial charge in [-0.3, -0.25) is 4.79 Å². The van der Waals surface area contributed by atoms with Crippen molar-refractivity contribution in [3.8, 4) is 0 Å². The van der Waals surface area contributed by atoms with Crippen molar-refractivity contribution in [2.75, 3.05) is 0 Å². The second kappa shape index (κ2) is 2.35. The van der Waals surface area contributed by atoms with Crippen molar-refractivity contribution in [1.29, 1.82) is 0 Å². The first-order valence-corrected chi connectivity index (χ1v) is 3.77. The maximum Gasteiger partial charge on any atom is 0.138 e. The lowest BCUT2D eigenvalue weighted by molar-refractivity contribution is -0.127. The van der Waals surface area contributed by atoms with Gasteiger partial charge in [-0.2, -0.15) is 0 Å². The maximum absolute atomic E-state index is 11.1. The van der Waals surface area contributed by atoms with Gasteiger partial charge in [0.05, 0.1) is 5.60 Å². The lowest BCUT2D eigenvalue weighted by Crippen LogP contribution is -2.33. The van der Waals surface area contributed by atoms with Gasteiger partial charge in [0.1, 0.15) is 5.78 Å². The Morgan fingerprint density at radius 2 is 2.20 bits per heavy atom. The van der Waals surface area contributed by atoms with E-state index in [4.69, 9.17) is 0 Å². The predicted molar refractivity (Wildman–Crippen MR) is 38.6 cm³/mol. The zero-order valence-electron chi connectivity index (χ0n) is 6.55. The molecule has 0 amide bonds. The molecule has 0 saturated heterocycles. The Balaban J connectivity index is 2.64. The van der Waals surface area contributed by atoms with E-state index in [9.17, 15) is 9.90 Å². The van der Waals surface area contributed by atoms with E-state index >= 15 is 0 Å². The maximum atomic E-state index is 11.1. The van der Waals surface area contributed by atoms with Gasteiger partial charge in [0.2, 0.25) is 0 Å². The average molecular weight is 142 g/mol. The van der Waals surface area contributed by atoms with E-state index in [1.54, 1.807) is 13.8 Å². The summed E-state index contributed by atoms with van der Waals surface area (Å²) in [5, 5.41) is 9.47. The highest BCUT2D eigenvalue weighted by Gasteiger charge is 2.35. The van der Waals surface area contributed by atoms with Crippen molar-refractivity contribution in [2.45, 2.75) is 38.7 Å². The summed E-state index contributed by atoms with van der Waals surface area (Å²) in [7, 11) is 0. The first kappa shape index (κ1) is 7.73. The molecule has 1 rings (SSSR count). The van der Waals surface area contributed by atoms with Crippen LogP contribution in [0.25, 0.3) is 0 Å². The van der Waals surface area contributed by atoms with Gasteiger partial charge >= 0.3 is 0 Å². The summed E-state index contributed by atoms with van der Waals surface area (Å²) in [6.07, 6.45) is 2.48. The number of Topliss-reactive ketones (excluding diaryl/α,β-unsaturated/α-hetero) is 1. The first-order valence-electron chi connectivity index (χ1n) is 3.77. The summed E-state index contributed by atoms with van der Waals surface area (Å²) in [5.41, 5.74) is -0.798. The molecule has 2 heteroatoms. The Bertz CT molecular complexity index is 144. The van der Waals surface area contributed by atoms with Crippen LogP contribution >= 0.6 is 0 Å². The second-order valence-electron chi connectivity index (χ2n) is 3.56. The zero-order chi connectivity index (χ0) is 7.78.